The summed E-state index contributed by atoms with van der Waals surface area (Å²) in [6, 6.07) is 9.55. The molecule has 0 saturated heterocycles. The van der Waals surface area contributed by atoms with E-state index in [0.29, 0.717) is 24.5 Å². The van der Waals surface area contributed by atoms with E-state index in [9.17, 15) is 4.79 Å². The first-order chi connectivity index (χ1) is 9.34. The standard InChI is InChI=1S/C14H14N2O2S/c17-14(16-9-10-3-2-8-19-10)11-4-1-5-12-13(11)18-7-6-15-12/h1-5,8,15H,6-7,9H2,(H,16,17). The van der Waals surface area contributed by atoms with Gasteiger partial charge in [-0.05, 0) is 23.6 Å². The van der Waals surface area contributed by atoms with Gasteiger partial charge in [0.05, 0.1) is 17.8 Å². The van der Waals surface area contributed by atoms with Gasteiger partial charge in [0.2, 0.25) is 0 Å². The van der Waals surface area contributed by atoms with E-state index in [0.717, 1.165) is 17.1 Å². The number of benzene rings is 1. The molecule has 0 atom stereocenters. The Kier molecular flexibility index (Phi) is 3.37. The van der Waals surface area contributed by atoms with Crippen molar-refractivity contribution in [2.45, 2.75) is 6.54 Å². The number of anilines is 1. The molecule has 1 aromatic carbocycles. The molecule has 4 nitrogen and oxygen atoms in total. The first-order valence-corrected chi connectivity index (χ1v) is 7.03. The van der Waals surface area contributed by atoms with Crippen LogP contribution in [0.15, 0.2) is 35.7 Å². The third kappa shape index (κ3) is 2.56. The number of hydrogen-bond acceptors (Lipinski definition) is 4. The number of carbonyl (C=O) groups is 1. The number of amides is 1. The van der Waals surface area contributed by atoms with E-state index >= 15 is 0 Å². The lowest BCUT2D eigenvalue weighted by atomic mass is 10.1. The SMILES string of the molecule is O=C(NCc1cccs1)c1cccc2c1OCCN2. The van der Waals surface area contributed by atoms with Gasteiger partial charge in [-0.3, -0.25) is 4.79 Å². The zero-order valence-electron chi connectivity index (χ0n) is 10.3. The van der Waals surface area contributed by atoms with Gasteiger partial charge >= 0.3 is 0 Å². The molecule has 0 aliphatic carbocycles. The largest absolute Gasteiger partial charge is 0.489 e. The summed E-state index contributed by atoms with van der Waals surface area (Å²) in [6.45, 7) is 1.91. The first-order valence-electron chi connectivity index (χ1n) is 6.15. The second kappa shape index (κ2) is 5.32. The Bertz CT molecular complexity index is 581. The number of hydrogen-bond donors (Lipinski definition) is 2. The van der Waals surface area contributed by atoms with Crippen LogP contribution >= 0.6 is 11.3 Å². The summed E-state index contributed by atoms with van der Waals surface area (Å²) in [5.74, 6) is 0.548. The quantitative estimate of drug-likeness (QED) is 0.904. The lowest BCUT2D eigenvalue weighted by Crippen LogP contribution is -2.25. The average molecular weight is 274 g/mol. The van der Waals surface area contributed by atoms with E-state index in [1.54, 1.807) is 17.4 Å². The fourth-order valence-corrected chi connectivity index (χ4v) is 2.67. The maximum absolute atomic E-state index is 12.2. The van der Waals surface area contributed by atoms with E-state index in [4.69, 9.17) is 4.74 Å². The Morgan fingerprint density at radius 2 is 2.32 bits per heavy atom. The third-order valence-corrected chi connectivity index (χ3v) is 3.80. The van der Waals surface area contributed by atoms with Crippen LogP contribution in [0, 0.1) is 0 Å². The van der Waals surface area contributed by atoms with Crippen LogP contribution in [-0.4, -0.2) is 19.1 Å². The van der Waals surface area contributed by atoms with Gasteiger partial charge in [-0.1, -0.05) is 12.1 Å². The molecule has 98 valence electrons. The predicted molar refractivity (Wildman–Crippen MR) is 75.9 cm³/mol. The molecular weight excluding hydrogens is 260 g/mol. The number of ether oxygens (including phenoxy) is 1. The van der Waals surface area contributed by atoms with E-state index in [1.807, 2.05) is 29.6 Å². The van der Waals surface area contributed by atoms with Crippen molar-refractivity contribution in [3.63, 3.8) is 0 Å². The molecule has 1 aliphatic rings. The van der Waals surface area contributed by atoms with Gasteiger partial charge in [-0.2, -0.15) is 0 Å². The molecule has 2 N–H and O–H groups in total. The lowest BCUT2D eigenvalue weighted by molar-refractivity contribution is 0.0947. The summed E-state index contributed by atoms with van der Waals surface area (Å²) in [5, 5.41) is 8.14. The summed E-state index contributed by atoms with van der Waals surface area (Å²) in [7, 11) is 0. The first kappa shape index (κ1) is 12.0. The molecule has 0 bridgehead atoms. The van der Waals surface area contributed by atoms with E-state index in [-0.39, 0.29) is 5.91 Å². The number of carbonyl (C=O) groups excluding carboxylic acids is 1. The maximum atomic E-state index is 12.2. The molecule has 0 unspecified atom stereocenters. The lowest BCUT2D eigenvalue weighted by Gasteiger charge is -2.21. The Morgan fingerprint density at radius 3 is 3.16 bits per heavy atom. The molecule has 0 radical (unpaired) electrons. The van der Waals surface area contributed by atoms with Crippen LogP contribution in [0.4, 0.5) is 5.69 Å². The molecule has 1 aromatic heterocycles. The van der Waals surface area contributed by atoms with Gasteiger partial charge in [0.25, 0.3) is 5.91 Å². The summed E-state index contributed by atoms with van der Waals surface area (Å²) in [5.41, 5.74) is 1.47. The number of nitrogens with one attached hydrogen (secondary N) is 2. The Morgan fingerprint density at radius 1 is 1.37 bits per heavy atom. The minimum absolute atomic E-state index is 0.103. The van der Waals surface area contributed by atoms with Crippen LogP contribution < -0.4 is 15.4 Å². The van der Waals surface area contributed by atoms with Crippen LogP contribution in [0.2, 0.25) is 0 Å². The molecular formula is C14H14N2O2S. The summed E-state index contributed by atoms with van der Waals surface area (Å²) in [4.78, 5) is 13.3. The second-order valence-corrected chi connectivity index (χ2v) is 5.25. The third-order valence-electron chi connectivity index (χ3n) is 2.93. The molecule has 19 heavy (non-hydrogen) atoms. The topological polar surface area (TPSA) is 50.4 Å². The van der Waals surface area contributed by atoms with Crippen molar-refractivity contribution in [1.29, 1.82) is 0 Å². The normalized spacial score (nSPS) is 13.1. The van der Waals surface area contributed by atoms with Gasteiger partial charge in [0.15, 0.2) is 5.75 Å². The molecule has 2 aromatic rings. The van der Waals surface area contributed by atoms with Crippen molar-refractivity contribution in [1.82, 2.24) is 5.32 Å². The van der Waals surface area contributed by atoms with Crippen LogP contribution in [-0.2, 0) is 6.54 Å². The van der Waals surface area contributed by atoms with Gasteiger partial charge in [-0.25, -0.2) is 0 Å². The van der Waals surface area contributed by atoms with Crippen molar-refractivity contribution in [2.24, 2.45) is 0 Å². The molecule has 1 aliphatic heterocycles. The molecule has 2 heterocycles. The number of fused-ring (bicyclic) bond motifs is 1. The molecule has 0 spiro atoms. The maximum Gasteiger partial charge on any atom is 0.255 e. The molecule has 3 rings (SSSR count). The second-order valence-electron chi connectivity index (χ2n) is 4.22. The Labute approximate surface area is 115 Å². The smallest absolute Gasteiger partial charge is 0.255 e. The monoisotopic (exact) mass is 274 g/mol. The van der Waals surface area contributed by atoms with E-state index in [2.05, 4.69) is 10.6 Å². The van der Waals surface area contributed by atoms with Gasteiger partial charge < -0.3 is 15.4 Å². The minimum Gasteiger partial charge on any atom is -0.489 e. The van der Waals surface area contributed by atoms with Crippen molar-refractivity contribution < 1.29 is 9.53 Å². The summed E-state index contributed by atoms with van der Waals surface area (Å²) >= 11 is 1.63. The highest BCUT2D eigenvalue weighted by Gasteiger charge is 2.18. The highest BCUT2D eigenvalue weighted by molar-refractivity contribution is 7.09. The van der Waals surface area contributed by atoms with Crippen molar-refractivity contribution in [2.75, 3.05) is 18.5 Å². The van der Waals surface area contributed by atoms with E-state index < -0.39 is 0 Å². The zero-order valence-corrected chi connectivity index (χ0v) is 11.1. The minimum atomic E-state index is -0.103. The van der Waals surface area contributed by atoms with Gasteiger partial charge in [-0.15, -0.1) is 11.3 Å². The molecule has 0 fully saturated rings. The summed E-state index contributed by atoms with van der Waals surface area (Å²) in [6.07, 6.45) is 0. The number of rotatable bonds is 3. The summed E-state index contributed by atoms with van der Waals surface area (Å²) < 4.78 is 5.59. The van der Waals surface area contributed by atoms with Crippen LogP contribution in [0.1, 0.15) is 15.2 Å². The fraction of sp³-hybridized carbons (Fsp3) is 0.214. The predicted octanol–water partition coefficient (Wildman–Crippen LogP) is 2.48. The molecule has 1 amide bonds. The van der Waals surface area contributed by atoms with Crippen LogP contribution in [0.5, 0.6) is 5.75 Å². The Hall–Kier alpha value is -2.01. The van der Waals surface area contributed by atoms with Crippen LogP contribution in [0.3, 0.4) is 0 Å². The van der Waals surface area contributed by atoms with E-state index in [1.165, 1.54) is 0 Å². The highest BCUT2D eigenvalue weighted by atomic mass is 32.1. The fourth-order valence-electron chi connectivity index (χ4n) is 2.03. The van der Waals surface area contributed by atoms with Crippen molar-refractivity contribution >= 4 is 22.9 Å². The van der Waals surface area contributed by atoms with Crippen molar-refractivity contribution in [3.8, 4) is 5.75 Å². The van der Waals surface area contributed by atoms with Crippen LogP contribution in [0.25, 0.3) is 0 Å². The molecule has 5 heteroatoms. The van der Waals surface area contributed by atoms with Gasteiger partial charge in [0, 0.05) is 11.4 Å². The Balaban J connectivity index is 1.76. The average Bonchev–Trinajstić information content (AvgIpc) is 2.97. The van der Waals surface area contributed by atoms with Crippen molar-refractivity contribution in [3.05, 3.63) is 46.2 Å². The van der Waals surface area contributed by atoms with Gasteiger partial charge in [0.1, 0.15) is 6.61 Å². The number of thiophene rings is 1. The highest BCUT2D eigenvalue weighted by Crippen LogP contribution is 2.31. The number of para-hydroxylation sites is 1. The molecule has 0 saturated carbocycles. The zero-order chi connectivity index (χ0) is 13.1.